The van der Waals surface area contributed by atoms with Crippen LogP contribution in [-0.4, -0.2) is 24.4 Å². The zero-order valence-corrected chi connectivity index (χ0v) is 17.0. The number of benzene rings is 2. The smallest absolute Gasteiger partial charge is 0.252 e. The Morgan fingerprint density at radius 1 is 1.16 bits per heavy atom. The van der Waals surface area contributed by atoms with Crippen molar-refractivity contribution in [2.24, 2.45) is 5.73 Å². The van der Waals surface area contributed by atoms with Crippen LogP contribution in [0.5, 0.6) is 5.75 Å². The molecule has 5 N–H and O–H groups in total. The number of aromatic nitrogens is 1. The Hall–Kier alpha value is -4.14. The van der Waals surface area contributed by atoms with Crippen molar-refractivity contribution >= 4 is 29.6 Å². The molecule has 3 aromatic rings. The van der Waals surface area contributed by atoms with Crippen molar-refractivity contribution in [1.82, 2.24) is 10.3 Å². The van der Waals surface area contributed by atoms with Gasteiger partial charge >= 0.3 is 0 Å². The fourth-order valence-corrected chi connectivity index (χ4v) is 3.02. The van der Waals surface area contributed by atoms with Gasteiger partial charge in [0.15, 0.2) is 11.6 Å². The molecule has 1 atom stereocenters. The molecule has 0 bridgehead atoms. The lowest BCUT2D eigenvalue weighted by atomic mass is 10.1. The van der Waals surface area contributed by atoms with Gasteiger partial charge in [-0.15, -0.1) is 0 Å². The number of rotatable bonds is 9. The summed E-state index contributed by atoms with van der Waals surface area (Å²) in [5.74, 6) is -1.15. The summed E-state index contributed by atoms with van der Waals surface area (Å²) >= 11 is 0. The maximum atomic E-state index is 14.7. The highest BCUT2D eigenvalue weighted by Gasteiger charge is 2.19. The second-order valence-corrected chi connectivity index (χ2v) is 6.72. The molecule has 8 nitrogen and oxygen atoms in total. The molecule has 0 spiro atoms. The minimum absolute atomic E-state index is 0.0574. The molecule has 160 valence electrons. The summed E-state index contributed by atoms with van der Waals surface area (Å²) in [6.07, 6.45) is -0.245. The maximum Gasteiger partial charge on any atom is 0.252 e. The lowest BCUT2D eigenvalue weighted by molar-refractivity contribution is -0.110. The number of primary amides is 1. The Labute approximate surface area is 178 Å². The predicted octanol–water partition coefficient (Wildman–Crippen LogP) is 3.24. The van der Waals surface area contributed by atoms with Gasteiger partial charge in [0, 0.05) is 11.8 Å². The number of aryl methyl sites for hydroxylation is 1. The predicted molar refractivity (Wildman–Crippen MR) is 116 cm³/mol. The van der Waals surface area contributed by atoms with Gasteiger partial charge in [0.1, 0.15) is 17.7 Å². The van der Waals surface area contributed by atoms with E-state index in [1.165, 1.54) is 7.11 Å². The summed E-state index contributed by atoms with van der Waals surface area (Å²) < 4.78 is 20.0. The van der Waals surface area contributed by atoms with Crippen molar-refractivity contribution in [1.29, 1.82) is 0 Å². The Kier molecular flexibility index (Phi) is 6.66. The summed E-state index contributed by atoms with van der Waals surface area (Å²) in [5.41, 5.74) is 7.47. The topological polar surface area (TPSA) is 118 Å². The highest BCUT2D eigenvalue weighted by atomic mass is 19.1. The molecule has 1 aromatic heterocycles. The van der Waals surface area contributed by atoms with Crippen LogP contribution in [-0.2, 0) is 4.79 Å². The van der Waals surface area contributed by atoms with Crippen LogP contribution < -0.4 is 26.4 Å². The van der Waals surface area contributed by atoms with Gasteiger partial charge in [0.25, 0.3) is 5.91 Å². The zero-order chi connectivity index (χ0) is 22.4. The van der Waals surface area contributed by atoms with Crippen molar-refractivity contribution in [2.75, 3.05) is 17.7 Å². The van der Waals surface area contributed by atoms with Crippen LogP contribution in [0.3, 0.4) is 0 Å². The van der Waals surface area contributed by atoms with E-state index in [4.69, 9.17) is 10.5 Å². The fraction of sp³-hybridized carbons (Fsp3) is 0.136. The molecule has 0 aliphatic heterocycles. The molecule has 0 fully saturated rings. The minimum Gasteiger partial charge on any atom is -0.497 e. The average molecular weight is 423 g/mol. The second kappa shape index (κ2) is 9.57. The van der Waals surface area contributed by atoms with Gasteiger partial charge in [-0.3, -0.25) is 9.59 Å². The molecular formula is C22H22FN5O3. The third-order valence-electron chi connectivity index (χ3n) is 4.44. The molecule has 0 aliphatic carbocycles. The number of nitrogens with one attached hydrogen (secondary N) is 3. The van der Waals surface area contributed by atoms with Gasteiger partial charge in [0.2, 0.25) is 6.41 Å². The number of amides is 2. The Morgan fingerprint density at radius 3 is 2.55 bits per heavy atom. The molecular weight excluding hydrogens is 401 g/mol. The number of nitrogens with two attached hydrogens (primary N) is 1. The van der Waals surface area contributed by atoms with Crippen LogP contribution in [0.1, 0.15) is 27.7 Å². The van der Waals surface area contributed by atoms with Gasteiger partial charge in [-0.05, 0) is 36.2 Å². The standard InChI is InChI=1S/C22H22FN5O3/c1-13-8-15(10-16(9-13)31-2)26-21-17(19(24)30)11-18(23)22(28-21)27-20(25-12-29)14-6-4-3-5-7-14/h3-12,20H,1-2H3,(H2,24,30)(H,25,29)(H2,26,27,28)/t20-/m1/s1. The van der Waals surface area contributed by atoms with Crippen molar-refractivity contribution in [3.05, 3.63) is 77.1 Å². The molecule has 0 radical (unpaired) electrons. The lowest BCUT2D eigenvalue weighted by Gasteiger charge is -2.20. The van der Waals surface area contributed by atoms with Crippen molar-refractivity contribution in [3.63, 3.8) is 0 Å². The number of hydrogen-bond acceptors (Lipinski definition) is 6. The number of anilines is 3. The number of carbonyl (C=O) groups is 2. The van der Waals surface area contributed by atoms with E-state index in [0.29, 0.717) is 23.4 Å². The number of carbonyl (C=O) groups excluding carboxylic acids is 2. The SMILES string of the molecule is COc1cc(C)cc(Nc2nc(N[C@@H](NC=O)c3ccccc3)c(F)cc2C(N)=O)c1. The van der Waals surface area contributed by atoms with E-state index in [1.807, 2.05) is 25.1 Å². The quantitative estimate of drug-likeness (QED) is 0.310. The first kappa shape index (κ1) is 21.6. The maximum absolute atomic E-state index is 14.7. The van der Waals surface area contributed by atoms with Crippen LogP contribution in [0.25, 0.3) is 0 Å². The normalized spacial score (nSPS) is 11.3. The first-order valence-electron chi connectivity index (χ1n) is 9.35. The van der Waals surface area contributed by atoms with E-state index in [0.717, 1.165) is 11.6 Å². The number of halogens is 1. The van der Waals surface area contributed by atoms with Gasteiger partial charge in [0.05, 0.1) is 12.7 Å². The molecule has 0 saturated heterocycles. The lowest BCUT2D eigenvalue weighted by Crippen LogP contribution is -2.28. The van der Waals surface area contributed by atoms with Gasteiger partial charge in [-0.2, -0.15) is 0 Å². The van der Waals surface area contributed by atoms with Crippen LogP contribution >= 0.6 is 0 Å². The van der Waals surface area contributed by atoms with E-state index >= 15 is 0 Å². The first-order valence-corrected chi connectivity index (χ1v) is 9.35. The zero-order valence-electron chi connectivity index (χ0n) is 17.0. The number of hydrogen-bond donors (Lipinski definition) is 4. The molecule has 1 heterocycles. The third kappa shape index (κ3) is 5.27. The molecule has 2 amide bonds. The summed E-state index contributed by atoms with van der Waals surface area (Å²) in [7, 11) is 1.54. The highest BCUT2D eigenvalue weighted by molar-refractivity contribution is 5.98. The Morgan fingerprint density at radius 2 is 1.90 bits per heavy atom. The van der Waals surface area contributed by atoms with E-state index in [-0.39, 0.29) is 17.2 Å². The van der Waals surface area contributed by atoms with E-state index in [1.54, 1.807) is 30.3 Å². The van der Waals surface area contributed by atoms with Gasteiger partial charge in [-0.1, -0.05) is 30.3 Å². The van der Waals surface area contributed by atoms with E-state index in [9.17, 15) is 14.0 Å². The van der Waals surface area contributed by atoms with Crippen LogP contribution in [0.4, 0.5) is 21.7 Å². The molecule has 0 saturated carbocycles. The van der Waals surface area contributed by atoms with Crippen molar-refractivity contribution in [2.45, 2.75) is 13.1 Å². The number of ether oxygens (including phenoxy) is 1. The number of methoxy groups -OCH3 is 1. The molecule has 31 heavy (non-hydrogen) atoms. The summed E-state index contributed by atoms with van der Waals surface area (Å²) in [4.78, 5) is 27.2. The highest BCUT2D eigenvalue weighted by Crippen LogP contribution is 2.28. The summed E-state index contributed by atoms with van der Waals surface area (Å²) in [6, 6.07) is 15.3. The largest absolute Gasteiger partial charge is 0.497 e. The molecule has 2 aromatic carbocycles. The van der Waals surface area contributed by atoms with Gasteiger partial charge in [-0.25, -0.2) is 9.37 Å². The van der Waals surface area contributed by atoms with Crippen LogP contribution in [0.15, 0.2) is 54.6 Å². The number of nitrogens with zero attached hydrogens (tertiary/aromatic N) is 1. The molecule has 3 rings (SSSR count). The Balaban J connectivity index is 2.00. The Bertz CT molecular complexity index is 1090. The third-order valence-corrected chi connectivity index (χ3v) is 4.44. The minimum atomic E-state index is -0.842. The summed E-state index contributed by atoms with van der Waals surface area (Å²) in [5, 5.41) is 8.42. The van der Waals surface area contributed by atoms with Crippen LogP contribution in [0.2, 0.25) is 0 Å². The fourth-order valence-electron chi connectivity index (χ4n) is 3.02. The van der Waals surface area contributed by atoms with Crippen molar-refractivity contribution in [3.8, 4) is 5.75 Å². The first-order chi connectivity index (χ1) is 14.9. The van der Waals surface area contributed by atoms with Gasteiger partial charge < -0.3 is 26.4 Å². The molecule has 0 unspecified atom stereocenters. The second-order valence-electron chi connectivity index (χ2n) is 6.72. The average Bonchev–Trinajstić information content (AvgIpc) is 2.75. The van der Waals surface area contributed by atoms with Crippen LogP contribution in [0, 0.1) is 12.7 Å². The number of pyridine rings is 1. The molecule has 0 aliphatic rings. The monoisotopic (exact) mass is 423 g/mol. The van der Waals surface area contributed by atoms with E-state index < -0.39 is 17.9 Å². The van der Waals surface area contributed by atoms with E-state index in [2.05, 4.69) is 20.9 Å². The van der Waals surface area contributed by atoms with Crippen molar-refractivity contribution < 1.29 is 18.7 Å². The molecule has 9 heteroatoms. The summed E-state index contributed by atoms with van der Waals surface area (Å²) in [6.45, 7) is 1.88.